The van der Waals surface area contributed by atoms with E-state index in [0.29, 0.717) is 5.56 Å². The molecule has 1 aromatic carbocycles. The van der Waals surface area contributed by atoms with Crippen LogP contribution in [-0.4, -0.2) is 114 Å². The fourth-order valence-electron chi connectivity index (χ4n) is 5.87. The molecule has 0 spiro atoms. The highest BCUT2D eigenvalue weighted by Gasteiger charge is 2.64. The summed E-state index contributed by atoms with van der Waals surface area (Å²) in [5.41, 5.74) is 13.3. The summed E-state index contributed by atoms with van der Waals surface area (Å²) in [6.45, 7) is 0. The quantitative estimate of drug-likeness (QED) is 0.118. The summed E-state index contributed by atoms with van der Waals surface area (Å²) < 4.78 is 0. The van der Waals surface area contributed by atoms with Crippen LogP contribution in [0.2, 0.25) is 0 Å². The number of aliphatic imine (C=N–C) groups is 1. The highest BCUT2D eigenvalue weighted by atomic mass is 16.3. The van der Waals surface area contributed by atoms with Crippen LogP contribution in [0.5, 0.6) is 5.75 Å². The van der Waals surface area contributed by atoms with E-state index in [-0.39, 0.29) is 41.6 Å². The summed E-state index contributed by atoms with van der Waals surface area (Å²) in [6.07, 6.45) is 0.324. The second-order valence-corrected chi connectivity index (χ2v) is 11.1. The van der Waals surface area contributed by atoms with Gasteiger partial charge in [-0.1, -0.05) is 0 Å². The number of nitrogens with one attached hydrogen (secondary N) is 1. The maximum absolute atomic E-state index is 13.7. The van der Waals surface area contributed by atoms with Gasteiger partial charge in [0.25, 0.3) is 5.91 Å². The second kappa shape index (κ2) is 11.3. The van der Waals surface area contributed by atoms with Crippen molar-refractivity contribution in [3.05, 3.63) is 40.2 Å². The van der Waals surface area contributed by atoms with Crippen molar-refractivity contribution in [3.8, 4) is 5.75 Å². The topological polar surface area (TPSA) is 256 Å². The van der Waals surface area contributed by atoms with Crippen molar-refractivity contribution in [1.82, 2.24) is 9.80 Å². The van der Waals surface area contributed by atoms with E-state index in [0.717, 1.165) is 5.69 Å². The minimum Gasteiger partial charge on any atom is -0.508 e. The Kier molecular flexibility index (Phi) is 8.60. The Balaban J connectivity index is 0.000000467. The lowest BCUT2D eigenvalue weighted by Crippen LogP contribution is -2.65. The molecule has 15 nitrogen and oxygen atoms in total. The summed E-state index contributed by atoms with van der Waals surface area (Å²) in [7, 11) is 10.2. The largest absolute Gasteiger partial charge is 0.508 e. The van der Waals surface area contributed by atoms with E-state index in [1.807, 2.05) is 19.0 Å². The highest BCUT2D eigenvalue weighted by molar-refractivity contribution is 6.24. The Morgan fingerprint density at radius 3 is 2.10 bits per heavy atom. The maximum atomic E-state index is 13.7. The van der Waals surface area contributed by atoms with E-state index < -0.39 is 58.0 Å². The van der Waals surface area contributed by atoms with Crippen LogP contribution >= 0.6 is 0 Å². The molecule has 0 unspecified atom stereocenters. The lowest BCUT2D eigenvalue weighted by atomic mass is 9.57. The van der Waals surface area contributed by atoms with Gasteiger partial charge in [0.05, 0.1) is 11.6 Å². The summed E-state index contributed by atoms with van der Waals surface area (Å²) in [6, 6.07) is 2.01. The molecular formula is C27H38N8O7. The van der Waals surface area contributed by atoms with Crippen molar-refractivity contribution in [2.24, 2.45) is 34.0 Å². The molecule has 1 amide bonds. The minimum absolute atomic E-state index is 0.0638. The van der Waals surface area contributed by atoms with Gasteiger partial charge in [-0.05, 0) is 50.6 Å². The number of hydrogen-bond acceptors (Lipinski definition) is 10. The lowest BCUT2D eigenvalue weighted by molar-refractivity contribution is -0.153. The van der Waals surface area contributed by atoms with Gasteiger partial charge < -0.3 is 47.4 Å². The smallest absolute Gasteiger partial charge is 0.255 e. The zero-order chi connectivity index (χ0) is 32.0. The molecule has 0 bridgehead atoms. The first kappa shape index (κ1) is 31.9. The normalized spacial score (nSPS) is 25.2. The average molecular weight is 587 g/mol. The standard InChI is InChI=1S/C23H27N3O7.C4H11N5/c1-25(2)12-5-6-13(27)15-10(12)7-9-8-11-17(26(3)4)19(29)16(22(24)32)21(31)23(11,33)20(30)14(9)18(15)28;1-9(2)4(7)8-3(5)6/h5-6,9,11,17,27-28,31,33H,7-8H2,1-4H3,(H2,24,32);1-2H3,(H5,5,6,7,8)/t9-,11-,17-,23-;/m0./s1. The molecule has 0 radical (unpaired) electrons. The number of likely N-dealkylation sites (N-methyl/N-ethyl adjacent to an activating group) is 1. The number of guanidine groups is 2. The summed E-state index contributed by atoms with van der Waals surface area (Å²) in [5.74, 6) is -6.58. The van der Waals surface area contributed by atoms with Crippen molar-refractivity contribution < 1.29 is 34.8 Å². The molecule has 228 valence electrons. The summed E-state index contributed by atoms with van der Waals surface area (Å²) in [4.78, 5) is 47.0. The van der Waals surface area contributed by atoms with Crippen LogP contribution in [0.15, 0.2) is 34.0 Å². The highest BCUT2D eigenvalue weighted by Crippen LogP contribution is 2.53. The van der Waals surface area contributed by atoms with E-state index in [9.17, 15) is 34.8 Å². The molecule has 1 fully saturated rings. The molecule has 4 atom stereocenters. The number of carbonyl (C=O) groups is 3. The number of fused-ring (bicyclic) bond motifs is 3. The molecule has 15 heteroatoms. The van der Waals surface area contributed by atoms with Gasteiger partial charge in [-0.15, -0.1) is 0 Å². The molecule has 3 aliphatic rings. The number of anilines is 1. The monoisotopic (exact) mass is 586 g/mol. The number of phenols is 1. The maximum Gasteiger partial charge on any atom is 0.255 e. The van der Waals surface area contributed by atoms with Crippen molar-refractivity contribution in [2.45, 2.75) is 24.5 Å². The zero-order valence-corrected chi connectivity index (χ0v) is 24.3. The first-order valence-corrected chi connectivity index (χ1v) is 12.9. The molecule has 1 aromatic rings. The van der Waals surface area contributed by atoms with Crippen LogP contribution in [0.1, 0.15) is 17.5 Å². The molecule has 4 rings (SSSR count). The minimum atomic E-state index is -2.63. The van der Waals surface area contributed by atoms with E-state index in [4.69, 9.17) is 22.6 Å². The number of hydrogen-bond donors (Lipinski definition) is 8. The first-order valence-electron chi connectivity index (χ1n) is 12.9. The third-order valence-corrected chi connectivity index (χ3v) is 7.75. The van der Waals surface area contributed by atoms with Crippen LogP contribution in [0, 0.1) is 17.2 Å². The molecular weight excluding hydrogens is 548 g/mol. The number of amides is 1. The fraction of sp³-hybridized carbons (Fsp3) is 0.444. The second-order valence-electron chi connectivity index (χ2n) is 11.1. The van der Waals surface area contributed by atoms with Crippen LogP contribution in [0.3, 0.4) is 0 Å². The van der Waals surface area contributed by atoms with Crippen LogP contribution < -0.4 is 22.1 Å². The Bertz CT molecular complexity index is 1450. The van der Waals surface area contributed by atoms with Gasteiger partial charge in [0.1, 0.15) is 22.8 Å². The lowest BCUT2D eigenvalue weighted by Gasteiger charge is -2.50. The van der Waals surface area contributed by atoms with Gasteiger partial charge >= 0.3 is 0 Å². The number of carbonyl (C=O) groups excluding carboxylic acids is 3. The van der Waals surface area contributed by atoms with Crippen molar-refractivity contribution in [2.75, 3.05) is 47.2 Å². The first-order chi connectivity index (χ1) is 19.4. The van der Waals surface area contributed by atoms with Gasteiger partial charge in [-0.25, -0.2) is 0 Å². The number of aliphatic hydroxyl groups is 3. The van der Waals surface area contributed by atoms with E-state index >= 15 is 0 Å². The van der Waals surface area contributed by atoms with Gasteiger partial charge in [-0.3, -0.25) is 24.7 Å². The SMILES string of the molecule is CN(C)C(N)=NC(=N)N.CN(C)c1ccc(O)c2c1C[C@H]1C[C@H]3[C@H](N(C)C)C(=O)C(C(N)=O)=C(O)[C@@]3(O)C(=O)C1=C2O. The number of nitrogens with two attached hydrogens (primary N) is 3. The predicted molar refractivity (Wildman–Crippen MR) is 156 cm³/mol. The number of primary amides is 1. The summed E-state index contributed by atoms with van der Waals surface area (Å²) >= 11 is 0. The van der Waals surface area contributed by atoms with Gasteiger partial charge in [0, 0.05) is 45.4 Å². The van der Waals surface area contributed by atoms with E-state index in [1.165, 1.54) is 11.0 Å². The van der Waals surface area contributed by atoms with E-state index in [1.54, 1.807) is 39.2 Å². The van der Waals surface area contributed by atoms with E-state index in [2.05, 4.69) is 4.99 Å². The van der Waals surface area contributed by atoms with Crippen molar-refractivity contribution in [3.63, 3.8) is 0 Å². The van der Waals surface area contributed by atoms with Crippen LogP contribution in [0.25, 0.3) is 5.76 Å². The Morgan fingerprint density at radius 2 is 1.64 bits per heavy atom. The predicted octanol–water partition coefficient (Wildman–Crippen LogP) is -1.21. The third kappa shape index (κ3) is 5.12. The molecule has 0 heterocycles. The third-order valence-electron chi connectivity index (χ3n) is 7.75. The molecule has 0 aliphatic heterocycles. The zero-order valence-electron chi connectivity index (χ0n) is 24.3. The van der Waals surface area contributed by atoms with Gasteiger partial charge in [0.15, 0.2) is 17.3 Å². The number of phenolic OH excluding ortho intramolecular Hbond substituents is 1. The summed E-state index contributed by atoms with van der Waals surface area (Å²) in [5, 5.41) is 50.6. The number of ketones is 2. The number of nitrogens with zero attached hydrogens (tertiary/aromatic N) is 4. The van der Waals surface area contributed by atoms with Crippen molar-refractivity contribution >= 4 is 40.8 Å². The Morgan fingerprint density at radius 1 is 1.05 bits per heavy atom. The number of benzene rings is 1. The van der Waals surface area contributed by atoms with Crippen LogP contribution in [0.4, 0.5) is 5.69 Å². The molecule has 3 aliphatic carbocycles. The molecule has 1 saturated carbocycles. The number of aromatic hydroxyl groups is 1. The van der Waals surface area contributed by atoms with Gasteiger partial charge in [-0.2, -0.15) is 4.99 Å². The number of aliphatic hydroxyl groups excluding tert-OH is 2. The number of rotatable bonds is 3. The molecule has 0 aromatic heterocycles. The van der Waals surface area contributed by atoms with Crippen molar-refractivity contribution in [1.29, 1.82) is 5.41 Å². The Hall–Kier alpha value is -4.63. The average Bonchev–Trinajstić information content (AvgIpc) is 2.85. The van der Waals surface area contributed by atoms with Gasteiger partial charge in [0.2, 0.25) is 11.7 Å². The van der Waals surface area contributed by atoms with Crippen LogP contribution in [-0.2, 0) is 20.8 Å². The molecule has 0 saturated heterocycles. The fourth-order valence-corrected chi connectivity index (χ4v) is 5.87. The Labute approximate surface area is 242 Å². The number of Topliss-reactive ketones (excluding diaryl/α,β-unsaturated/α-hetero) is 2. The molecule has 11 N–H and O–H groups in total. The molecule has 42 heavy (non-hydrogen) atoms.